The molecule has 1 saturated heterocycles. The Bertz CT molecular complexity index is 393. The molecule has 0 unspecified atom stereocenters. The summed E-state index contributed by atoms with van der Waals surface area (Å²) < 4.78 is 0. The molecule has 1 aliphatic rings. The third-order valence-corrected chi connectivity index (χ3v) is 2.75. The predicted octanol–water partition coefficient (Wildman–Crippen LogP) is 1.09. The van der Waals surface area contributed by atoms with Gasteiger partial charge in [0.15, 0.2) is 5.11 Å². The summed E-state index contributed by atoms with van der Waals surface area (Å²) in [4.78, 5) is 13.3. The first-order valence-corrected chi connectivity index (χ1v) is 5.55. The van der Waals surface area contributed by atoms with Crippen LogP contribution in [0.3, 0.4) is 0 Å². The fraction of sp³-hybridized carbons (Fsp3) is 0.273. The minimum atomic E-state index is -0.140. The van der Waals surface area contributed by atoms with Crippen molar-refractivity contribution < 1.29 is 4.79 Å². The van der Waals surface area contributed by atoms with Crippen molar-refractivity contribution in [1.29, 1.82) is 0 Å². The summed E-state index contributed by atoms with van der Waals surface area (Å²) in [6.45, 7) is 1.90. The van der Waals surface area contributed by atoms with E-state index in [2.05, 4.69) is 10.6 Å². The van der Waals surface area contributed by atoms with Gasteiger partial charge in [-0.1, -0.05) is 30.3 Å². The Morgan fingerprint density at radius 3 is 2.81 bits per heavy atom. The molecule has 2 amide bonds. The van der Waals surface area contributed by atoms with Gasteiger partial charge in [0.1, 0.15) is 0 Å². The number of urea groups is 1. The topological polar surface area (TPSA) is 44.4 Å². The van der Waals surface area contributed by atoms with Gasteiger partial charge < -0.3 is 10.6 Å². The Morgan fingerprint density at radius 2 is 2.19 bits per heavy atom. The normalized spacial score (nSPS) is 14.8. The number of carbonyl (C=O) groups excluding carboxylic acids is 1. The molecule has 2 N–H and O–H groups in total. The van der Waals surface area contributed by atoms with Gasteiger partial charge in [0, 0.05) is 19.6 Å². The van der Waals surface area contributed by atoms with Gasteiger partial charge in [-0.2, -0.15) is 0 Å². The third kappa shape index (κ3) is 2.49. The van der Waals surface area contributed by atoms with Crippen molar-refractivity contribution in [3.05, 3.63) is 35.9 Å². The lowest BCUT2D eigenvalue weighted by Crippen LogP contribution is -2.41. The van der Waals surface area contributed by atoms with Crippen molar-refractivity contribution in [2.75, 3.05) is 13.1 Å². The largest absolute Gasteiger partial charge is 0.360 e. The predicted molar refractivity (Wildman–Crippen MR) is 66.0 cm³/mol. The Labute approximate surface area is 99.6 Å². The van der Waals surface area contributed by atoms with Gasteiger partial charge in [-0.15, -0.1) is 0 Å². The number of carbonyl (C=O) groups is 1. The molecule has 0 bridgehead atoms. The lowest BCUT2D eigenvalue weighted by atomic mass is 10.2. The highest BCUT2D eigenvalue weighted by atomic mass is 32.1. The van der Waals surface area contributed by atoms with E-state index in [-0.39, 0.29) is 6.03 Å². The van der Waals surface area contributed by atoms with Crippen LogP contribution in [0.5, 0.6) is 0 Å². The van der Waals surface area contributed by atoms with Gasteiger partial charge in [-0.05, 0) is 17.8 Å². The molecule has 2 rings (SSSR count). The van der Waals surface area contributed by atoms with E-state index in [0.29, 0.717) is 18.2 Å². The second-order valence-electron chi connectivity index (χ2n) is 3.53. The first-order valence-electron chi connectivity index (χ1n) is 5.14. The standard InChI is InChI=1S/C11H13N3OS/c15-10(14-7-6-12-11(14)16)13-8-9-4-2-1-3-5-9/h1-5H,6-8H2,(H,12,16)(H,13,15). The van der Waals surface area contributed by atoms with Gasteiger partial charge in [0.05, 0.1) is 0 Å². The highest BCUT2D eigenvalue weighted by Gasteiger charge is 2.22. The maximum atomic E-state index is 11.7. The van der Waals surface area contributed by atoms with E-state index in [1.165, 1.54) is 4.90 Å². The Kier molecular flexibility index (Phi) is 3.36. The minimum absolute atomic E-state index is 0.140. The van der Waals surface area contributed by atoms with Gasteiger partial charge in [0.25, 0.3) is 0 Å². The zero-order valence-corrected chi connectivity index (χ0v) is 9.59. The highest BCUT2D eigenvalue weighted by molar-refractivity contribution is 7.80. The third-order valence-electron chi connectivity index (χ3n) is 2.39. The van der Waals surface area contributed by atoms with E-state index >= 15 is 0 Å². The maximum Gasteiger partial charge on any atom is 0.323 e. The van der Waals surface area contributed by atoms with Crippen molar-refractivity contribution in [2.45, 2.75) is 6.54 Å². The van der Waals surface area contributed by atoms with Crippen molar-refractivity contribution in [3.63, 3.8) is 0 Å². The number of rotatable bonds is 2. The van der Waals surface area contributed by atoms with Gasteiger partial charge in [-0.3, -0.25) is 4.90 Å². The number of hydrogen-bond donors (Lipinski definition) is 2. The van der Waals surface area contributed by atoms with Crippen LogP contribution >= 0.6 is 12.2 Å². The first-order chi connectivity index (χ1) is 7.77. The second kappa shape index (κ2) is 4.94. The van der Waals surface area contributed by atoms with Crippen LogP contribution < -0.4 is 10.6 Å². The molecule has 5 heteroatoms. The molecule has 84 valence electrons. The van der Waals surface area contributed by atoms with Crippen molar-refractivity contribution >= 4 is 23.4 Å². The summed E-state index contributed by atoms with van der Waals surface area (Å²) in [5.41, 5.74) is 1.08. The minimum Gasteiger partial charge on any atom is -0.360 e. The van der Waals surface area contributed by atoms with Crippen molar-refractivity contribution in [3.8, 4) is 0 Å². The molecule has 0 saturated carbocycles. The molecule has 4 nitrogen and oxygen atoms in total. The smallest absolute Gasteiger partial charge is 0.323 e. The van der Waals surface area contributed by atoms with Crippen LogP contribution in [0.1, 0.15) is 5.56 Å². The second-order valence-corrected chi connectivity index (χ2v) is 3.91. The first kappa shape index (κ1) is 10.9. The maximum absolute atomic E-state index is 11.7. The quantitative estimate of drug-likeness (QED) is 0.754. The number of nitrogens with one attached hydrogen (secondary N) is 2. The number of amides is 2. The molecule has 1 aromatic rings. The van der Waals surface area contributed by atoms with Gasteiger partial charge in [0.2, 0.25) is 0 Å². The van der Waals surface area contributed by atoms with Crippen LogP contribution in [0.25, 0.3) is 0 Å². The van der Waals surface area contributed by atoms with Crippen LogP contribution in [0.15, 0.2) is 30.3 Å². The van der Waals surface area contributed by atoms with E-state index in [1.807, 2.05) is 30.3 Å². The summed E-state index contributed by atoms with van der Waals surface area (Å²) in [7, 11) is 0. The lowest BCUT2D eigenvalue weighted by Gasteiger charge is -2.15. The molecule has 1 aliphatic heterocycles. The molecule has 0 spiro atoms. The number of nitrogens with zero attached hydrogens (tertiary/aromatic N) is 1. The number of benzene rings is 1. The van der Waals surface area contributed by atoms with E-state index < -0.39 is 0 Å². The number of hydrogen-bond acceptors (Lipinski definition) is 2. The molecule has 0 atom stereocenters. The Morgan fingerprint density at radius 1 is 1.44 bits per heavy atom. The molecule has 0 aliphatic carbocycles. The molecule has 0 aromatic heterocycles. The fourth-order valence-corrected chi connectivity index (χ4v) is 1.81. The lowest BCUT2D eigenvalue weighted by molar-refractivity contribution is 0.224. The monoisotopic (exact) mass is 235 g/mol. The summed E-state index contributed by atoms with van der Waals surface area (Å²) in [6.07, 6.45) is 0. The molecule has 1 fully saturated rings. The van der Waals surface area contributed by atoms with E-state index in [1.54, 1.807) is 0 Å². The zero-order valence-electron chi connectivity index (χ0n) is 8.77. The van der Waals surface area contributed by atoms with E-state index in [9.17, 15) is 4.79 Å². The summed E-state index contributed by atoms with van der Waals surface area (Å²) >= 11 is 5.00. The van der Waals surface area contributed by atoms with Crippen LogP contribution in [0, 0.1) is 0 Å². The molecule has 16 heavy (non-hydrogen) atoms. The van der Waals surface area contributed by atoms with Gasteiger partial charge >= 0.3 is 6.03 Å². The van der Waals surface area contributed by atoms with Crippen LogP contribution in [0.4, 0.5) is 4.79 Å². The summed E-state index contributed by atoms with van der Waals surface area (Å²) in [5.74, 6) is 0. The van der Waals surface area contributed by atoms with E-state index in [4.69, 9.17) is 12.2 Å². The van der Waals surface area contributed by atoms with Crippen molar-refractivity contribution in [2.24, 2.45) is 0 Å². The SMILES string of the molecule is O=C(NCc1ccccc1)N1CCNC1=S. The van der Waals surface area contributed by atoms with Crippen LogP contribution in [0.2, 0.25) is 0 Å². The molecular formula is C11H13N3OS. The molecule has 1 heterocycles. The Hall–Kier alpha value is -1.62. The average molecular weight is 235 g/mol. The summed E-state index contributed by atoms with van der Waals surface area (Å²) in [5, 5.41) is 6.28. The van der Waals surface area contributed by atoms with Gasteiger partial charge in [-0.25, -0.2) is 4.79 Å². The Balaban J connectivity index is 1.86. The molecule has 0 radical (unpaired) electrons. The van der Waals surface area contributed by atoms with E-state index in [0.717, 1.165) is 12.1 Å². The number of thiocarbonyl (C=S) groups is 1. The van der Waals surface area contributed by atoms with Crippen molar-refractivity contribution in [1.82, 2.24) is 15.5 Å². The highest BCUT2D eigenvalue weighted by Crippen LogP contribution is 2.00. The molecule has 1 aromatic carbocycles. The van der Waals surface area contributed by atoms with Crippen LogP contribution in [-0.2, 0) is 6.54 Å². The van der Waals surface area contributed by atoms with Crippen LogP contribution in [-0.4, -0.2) is 29.1 Å². The average Bonchev–Trinajstić information content (AvgIpc) is 2.74. The fourth-order valence-electron chi connectivity index (χ4n) is 1.53. The zero-order chi connectivity index (χ0) is 11.4. The summed E-state index contributed by atoms with van der Waals surface area (Å²) in [6, 6.07) is 9.65. The molecular weight excluding hydrogens is 222 g/mol.